The summed E-state index contributed by atoms with van der Waals surface area (Å²) in [6, 6.07) is 6.92. The van der Waals surface area contributed by atoms with E-state index in [1.807, 2.05) is 12.1 Å². The summed E-state index contributed by atoms with van der Waals surface area (Å²) < 4.78 is 32.8. The van der Waals surface area contributed by atoms with Crippen LogP contribution in [-0.2, 0) is 21.3 Å². The lowest BCUT2D eigenvalue weighted by molar-refractivity contribution is 0.0774. The zero-order valence-electron chi connectivity index (χ0n) is 11.1. The minimum Gasteiger partial charge on any atom is -0.380 e. The van der Waals surface area contributed by atoms with Crippen molar-refractivity contribution < 1.29 is 13.2 Å². The fraction of sp³-hybridized carbons (Fsp3) is 0.538. The molecular formula is C13H20N2O3S. The molecule has 1 aliphatic rings. The highest BCUT2D eigenvalue weighted by Gasteiger charge is 2.23. The Hall–Kier alpha value is -0.950. The topological polar surface area (TPSA) is 67.4 Å². The van der Waals surface area contributed by atoms with Crippen molar-refractivity contribution in [3.63, 3.8) is 0 Å². The molecular weight excluding hydrogens is 264 g/mol. The smallest absolute Gasteiger partial charge is 0.241 e. The minimum atomic E-state index is -3.48. The van der Waals surface area contributed by atoms with Crippen molar-refractivity contribution in [3.05, 3.63) is 29.8 Å². The Morgan fingerprint density at radius 3 is 2.84 bits per heavy atom. The second-order valence-corrected chi connectivity index (χ2v) is 6.36. The van der Waals surface area contributed by atoms with Crippen LogP contribution in [0.5, 0.6) is 0 Å². The highest BCUT2D eigenvalue weighted by atomic mass is 32.2. The first kappa shape index (κ1) is 14.5. The third-order valence-corrected chi connectivity index (χ3v) is 4.73. The van der Waals surface area contributed by atoms with Gasteiger partial charge in [0.05, 0.1) is 11.5 Å². The molecule has 1 atom stereocenters. The van der Waals surface area contributed by atoms with Gasteiger partial charge < -0.3 is 10.1 Å². The van der Waals surface area contributed by atoms with Gasteiger partial charge in [0.1, 0.15) is 0 Å². The molecule has 0 spiro atoms. The van der Waals surface area contributed by atoms with Crippen LogP contribution >= 0.6 is 0 Å². The van der Waals surface area contributed by atoms with E-state index < -0.39 is 10.0 Å². The van der Waals surface area contributed by atoms with Crippen LogP contribution in [0.3, 0.4) is 0 Å². The van der Waals surface area contributed by atoms with E-state index in [2.05, 4.69) is 10.0 Å². The lowest BCUT2D eigenvalue weighted by Crippen LogP contribution is -2.40. The van der Waals surface area contributed by atoms with Crippen molar-refractivity contribution in [2.45, 2.75) is 30.3 Å². The maximum atomic E-state index is 12.4. The molecule has 2 rings (SSSR count). The van der Waals surface area contributed by atoms with Gasteiger partial charge in [0, 0.05) is 19.2 Å². The Morgan fingerprint density at radius 2 is 2.16 bits per heavy atom. The van der Waals surface area contributed by atoms with Gasteiger partial charge in [0.15, 0.2) is 0 Å². The zero-order chi connectivity index (χ0) is 13.7. The summed E-state index contributed by atoms with van der Waals surface area (Å²) >= 11 is 0. The first-order valence-corrected chi connectivity index (χ1v) is 7.94. The first-order valence-electron chi connectivity index (χ1n) is 6.46. The molecule has 5 nitrogen and oxygen atoms in total. The molecule has 19 heavy (non-hydrogen) atoms. The SMILES string of the molecule is CNCc1ccccc1S(=O)(=O)NC1CCCOC1. The molecule has 1 fully saturated rings. The van der Waals surface area contributed by atoms with Gasteiger partial charge in [-0.3, -0.25) is 0 Å². The number of rotatable bonds is 5. The number of sulfonamides is 1. The number of hydrogen-bond acceptors (Lipinski definition) is 4. The molecule has 6 heteroatoms. The molecule has 0 amide bonds. The summed E-state index contributed by atoms with van der Waals surface area (Å²) in [6.45, 7) is 1.69. The maximum absolute atomic E-state index is 12.4. The summed E-state index contributed by atoms with van der Waals surface area (Å²) in [5.74, 6) is 0. The normalized spacial score (nSPS) is 20.4. The van der Waals surface area contributed by atoms with Crippen molar-refractivity contribution in [1.29, 1.82) is 0 Å². The Kier molecular flexibility index (Phi) is 4.93. The van der Waals surface area contributed by atoms with E-state index in [0.29, 0.717) is 24.7 Å². The van der Waals surface area contributed by atoms with Crippen LogP contribution in [0.15, 0.2) is 29.2 Å². The lowest BCUT2D eigenvalue weighted by Gasteiger charge is -2.23. The van der Waals surface area contributed by atoms with E-state index in [1.54, 1.807) is 19.2 Å². The molecule has 1 unspecified atom stereocenters. The summed E-state index contributed by atoms with van der Waals surface area (Å²) in [6.07, 6.45) is 1.72. The van der Waals surface area contributed by atoms with Gasteiger partial charge in [0.2, 0.25) is 10.0 Å². The number of benzene rings is 1. The van der Waals surface area contributed by atoms with Crippen molar-refractivity contribution in [1.82, 2.24) is 10.0 Å². The molecule has 1 saturated heterocycles. The fourth-order valence-corrected chi connectivity index (χ4v) is 3.71. The molecule has 1 aliphatic heterocycles. The largest absolute Gasteiger partial charge is 0.380 e. The minimum absolute atomic E-state index is 0.124. The summed E-state index contributed by atoms with van der Waals surface area (Å²) in [5.41, 5.74) is 0.772. The van der Waals surface area contributed by atoms with E-state index in [1.165, 1.54) is 0 Å². The molecule has 0 saturated carbocycles. The fourth-order valence-electron chi connectivity index (χ4n) is 2.22. The van der Waals surface area contributed by atoms with Gasteiger partial charge >= 0.3 is 0 Å². The second kappa shape index (κ2) is 6.47. The van der Waals surface area contributed by atoms with Crippen LogP contribution in [0.4, 0.5) is 0 Å². The summed E-state index contributed by atoms with van der Waals surface area (Å²) in [7, 11) is -1.69. The summed E-state index contributed by atoms with van der Waals surface area (Å²) in [4.78, 5) is 0.343. The zero-order valence-corrected chi connectivity index (χ0v) is 11.9. The predicted octanol–water partition coefficient (Wildman–Crippen LogP) is 0.863. The Balaban J connectivity index is 2.18. The molecule has 1 aromatic rings. The monoisotopic (exact) mass is 284 g/mol. The van der Waals surface area contributed by atoms with Crippen LogP contribution in [0, 0.1) is 0 Å². The van der Waals surface area contributed by atoms with Gasteiger partial charge in [-0.05, 0) is 31.5 Å². The molecule has 106 valence electrons. The highest BCUT2D eigenvalue weighted by Crippen LogP contribution is 2.17. The third-order valence-electron chi connectivity index (χ3n) is 3.11. The Morgan fingerprint density at radius 1 is 1.37 bits per heavy atom. The van der Waals surface area contributed by atoms with Crippen LogP contribution in [0.1, 0.15) is 18.4 Å². The number of hydrogen-bond donors (Lipinski definition) is 2. The van der Waals surface area contributed by atoms with Crippen molar-refractivity contribution in [2.24, 2.45) is 0 Å². The average molecular weight is 284 g/mol. The first-order chi connectivity index (χ1) is 9.13. The van der Waals surface area contributed by atoms with Crippen molar-refractivity contribution >= 4 is 10.0 Å². The lowest BCUT2D eigenvalue weighted by atomic mass is 10.1. The third kappa shape index (κ3) is 3.76. The Bertz CT molecular complexity index is 510. The molecule has 0 bridgehead atoms. The van der Waals surface area contributed by atoms with Gasteiger partial charge in [0.25, 0.3) is 0 Å². The van der Waals surface area contributed by atoms with Crippen molar-refractivity contribution in [3.8, 4) is 0 Å². The van der Waals surface area contributed by atoms with Gasteiger partial charge in [-0.2, -0.15) is 0 Å². The molecule has 1 aromatic carbocycles. The number of ether oxygens (including phenoxy) is 1. The van der Waals surface area contributed by atoms with Gasteiger partial charge in [-0.1, -0.05) is 18.2 Å². The van der Waals surface area contributed by atoms with E-state index in [4.69, 9.17) is 4.74 Å². The summed E-state index contributed by atoms with van der Waals surface area (Å²) in [5, 5.41) is 2.98. The number of nitrogens with one attached hydrogen (secondary N) is 2. The Labute approximate surface area is 114 Å². The van der Waals surface area contributed by atoms with Crippen LogP contribution in [0.2, 0.25) is 0 Å². The van der Waals surface area contributed by atoms with Gasteiger partial charge in [-0.25, -0.2) is 13.1 Å². The van der Waals surface area contributed by atoms with E-state index in [0.717, 1.165) is 18.4 Å². The van der Waals surface area contributed by atoms with E-state index in [-0.39, 0.29) is 6.04 Å². The quantitative estimate of drug-likeness (QED) is 0.841. The van der Waals surface area contributed by atoms with E-state index in [9.17, 15) is 8.42 Å². The standard InChI is InChI=1S/C13H20N2O3S/c1-14-9-11-5-2-3-7-13(11)19(16,17)15-12-6-4-8-18-10-12/h2-3,5,7,12,14-15H,4,6,8-10H2,1H3. The maximum Gasteiger partial charge on any atom is 0.241 e. The molecule has 2 N–H and O–H groups in total. The molecule has 0 aromatic heterocycles. The van der Waals surface area contributed by atoms with Crippen molar-refractivity contribution in [2.75, 3.05) is 20.3 Å². The van der Waals surface area contributed by atoms with Crippen LogP contribution < -0.4 is 10.0 Å². The van der Waals surface area contributed by atoms with Gasteiger partial charge in [-0.15, -0.1) is 0 Å². The second-order valence-electron chi connectivity index (χ2n) is 4.67. The van der Waals surface area contributed by atoms with Crippen LogP contribution in [0.25, 0.3) is 0 Å². The highest BCUT2D eigenvalue weighted by molar-refractivity contribution is 7.89. The van der Waals surface area contributed by atoms with E-state index >= 15 is 0 Å². The molecule has 1 heterocycles. The molecule has 0 aliphatic carbocycles. The predicted molar refractivity (Wildman–Crippen MR) is 73.4 cm³/mol. The molecule has 0 radical (unpaired) electrons. The van der Waals surface area contributed by atoms with Crippen LogP contribution in [-0.4, -0.2) is 34.7 Å². The average Bonchev–Trinajstić information content (AvgIpc) is 2.40.